The van der Waals surface area contributed by atoms with Crippen molar-refractivity contribution in [1.29, 1.82) is 0 Å². The molecule has 0 atom stereocenters. The van der Waals surface area contributed by atoms with Crippen LogP contribution in [0, 0.1) is 16.9 Å². The number of hydrogen-bond donors (Lipinski definition) is 0. The molecule has 0 aliphatic carbocycles. The molecule has 13 heteroatoms. The molecule has 4 aliphatic heterocycles. The van der Waals surface area contributed by atoms with Gasteiger partial charge in [0.15, 0.2) is 18.2 Å². The van der Waals surface area contributed by atoms with Crippen LogP contribution in [0.2, 0.25) is 19.6 Å². The van der Waals surface area contributed by atoms with Crippen LogP contribution < -0.4 is 0 Å². The van der Waals surface area contributed by atoms with E-state index in [0.29, 0.717) is 78.3 Å². The van der Waals surface area contributed by atoms with Gasteiger partial charge >= 0.3 is 6.09 Å². The van der Waals surface area contributed by atoms with E-state index in [2.05, 4.69) is 41.1 Å². The van der Waals surface area contributed by atoms with Gasteiger partial charge in [-0.15, -0.1) is 5.54 Å². The van der Waals surface area contributed by atoms with Gasteiger partial charge in [-0.1, -0.05) is 30.7 Å². The lowest BCUT2D eigenvalue weighted by molar-refractivity contribution is -0.377. The van der Waals surface area contributed by atoms with Crippen molar-refractivity contribution >= 4 is 20.1 Å². The summed E-state index contributed by atoms with van der Waals surface area (Å²) >= 11 is 0. The Bertz CT molecular complexity index is 946. The van der Waals surface area contributed by atoms with E-state index in [1.54, 1.807) is 9.80 Å². The Labute approximate surface area is 218 Å². The smallest absolute Gasteiger partial charge is 0.410 e. The van der Waals surface area contributed by atoms with Crippen LogP contribution in [0.4, 0.5) is 4.79 Å². The zero-order chi connectivity index (χ0) is 26.6. The second kappa shape index (κ2) is 11.2. The highest BCUT2D eigenvalue weighted by atomic mass is 28.3. The lowest BCUT2D eigenvalue weighted by Crippen LogP contribution is -2.62. The summed E-state index contributed by atoms with van der Waals surface area (Å²) in [6, 6.07) is 0. The van der Waals surface area contributed by atoms with E-state index in [-0.39, 0.29) is 30.6 Å². The molecular formula is C24H37N5O7Si. The zero-order valence-electron chi connectivity index (χ0n) is 22.0. The highest BCUT2D eigenvalue weighted by Crippen LogP contribution is 2.42. The quantitative estimate of drug-likeness (QED) is 0.178. The third-order valence-corrected chi connectivity index (χ3v) is 8.15. The number of likely N-dealkylation sites (tertiary alicyclic amines) is 2. The average molecular weight is 536 g/mol. The maximum Gasteiger partial charge on any atom is 0.410 e. The Morgan fingerprint density at radius 2 is 1.41 bits per heavy atom. The largest absolute Gasteiger partial charge is 0.436 e. The van der Waals surface area contributed by atoms with E-state index >= 15 is 0 Å². The van der Waals surface area contributed by atoms with E-state index in [1.807, 2.05) is 0 Å². The Kier molecular flexibility index (Phi) is 8.37. The summed E-state index contributed by atoms with van der Waals surface area (Å²) < 4.78 is 30.3. The number of rotatable bonds is 3. The molecule has 0 aromatic rings. The summed E-state index contributed by atoms with van der Waals surface area (Å²) in [5.74, 6) is 1.36. The topological polar surface area (TPSA) is 136 Å². The Morgan fingerprint density at radius 3 is 1.86 bits per heavy atom. The monoisotopic (exact) mass is 535 g/mol. The molecule has 0 bridgehead atoms. The minimum atomic E-state index is -1.48. The first-order chi connectivity index (χ1) is 17.6. The molecule has 0 aromatic carbocycles. The molecule has 0 radical (unpaired) electrons. The summed E-state index contributed by atoms with van der Waals surface area (Å²) in [6.07, 6.45) is 1.92. The first-order valence-electron chi connectivity index (χ1n) is 12.8. The van der Waals surface area contributed by atoms with E-state index in [9.17, 15) is 9.59 Å². The number of azide groups is 1. The van der Waals surface area contributed by atoms with Crippen molar-refractivity contribution in [2.75, 3.05) is 65.8 Å². The van der Waals surface area contributed by atoms with Crippen molar-refractivity contribution in [3.8, 4) is 11.5 Å². The van der Waals surface area contributed by atoms with Gasteiger partial charge in [-0.05, 0) is 5.53 Å². The molecule has 4 heterocycles. The van der Waals surface area contributed by atoms with Crippen LogP contribution in [0.1, 0.15) is 25.7 Å². The predicted octanol–water partition coefficient (Wildman–Crippen LogP) is 2.50. The molecule has 0 saturated carbocycles. The van der Waals surface area contributed by atoms with Crippen molar-refractivity contribution in [2.24, 2.45) is 10.5 Å². The van der Waals surface area contributed by atoms with E-state index in [1.165, 1.54) is 0 Å². The highest BCUT2D eigenvalue weighted by molar-refractivity contribution is 6.83. The molecule has 0 N–H and O–H groups in total. The van der Waals surface area contributed by atoms with Gasteiger partial charge in [0.2, 0.25) is 5.91 Å². The fourth-order valence-corrected chi connectivity index (χ4v) is 5.46. The van der Waals surface area contributed by atoms with Crippen molar-refractivity contribution < 1.29 is 33.3 Å². The number of hydrogen-bond acceptors (Lipinski definition) is 8. The lowest BCUT2D eigenvalue weighted by atomic mass is 9.87. The summed E-state index contributed by atoms with van der Waals surface area (Å²) in [7, 11) is -1.48. The summed E-state index contributed by atoms with van der Waals surface area (Å²) in [5, 5.41) is 3.35. The van der Waals surface area contributed by atoms with Crippen LogP contribution in [0.25, 0.3) is 10.4 Å². The van der Waals surface area contributed by atoms with Crippen LogP contribution in [0.15, 0.2) is 5.11 Å². The molecule has 4 saturated heterocycles. The Hall–Kier alpha value is -2.33. The second-order valence-corrected chi connectivity index (χ2v) is 16.1. The summed E-state index contributed by atoms with van der Waals surface area (Å²) in [5.41, 5.74) is 11.2. The SMILES string of the molecule is C[Si](C)(C)C#CCOC(=O)N1CCC2(CC1)OCC1(COC3(CCN(C(=O)CN=[N+]=[N-])CC3)OC1)CO2. The molecular weight excluding hydrogens is 498 g/mol. The Morgan fingerprint density at radius 1 is 0.919 bits per heavy atom. The fraction of sp³-hybridized carbons (Fsp3) is 0.833. The minimum absolute atomic E-state index is 0.117. The second-order valence-electron chi connectivity index (χ2n) is 11.3. The van der Waals surface area contributed by atoms with Gasteiger partial charge in [0.05, 0.1) is 31.8 Å². The highest BCUT2D eigenvalue weighted by Gasteiger charge is 2.52. The predicted molar refractivity (Wildman–Crippen MR) is 135 cm³/mol. The average Bonchev–Trinajstić information content (AvgIpc) is 2.89. The van der Waals surface area contributed by atoms with Crippen LogP contribution in [-0.2, 0) is 28.5 Å². The van der Waals surface area contributed by atoms with Gasteiger partial charge in [-0.25, -0.2) is 4.79 Å². The van der Waals surface area contributed by atoms with Gasteiger partial charge in [0, 0.05) is 56.8 Å². The molecule has 4 fully saturated rings. The van der Waals surface area contributed by atoms with E-state index in [0.717, 1.165) is 0 Å². The number of amides is 2. The lowest BCUT2D eigenvalue weighted by Gasteiger charge is -2.53. The van der Waals surface area contributed by atoms with Crippen molar-refractivity contribution in [1.82, 2.24) is 9.80 Å². The van der Waals surface area contributed by atoms with Gasteiger partial charge in [-0.3, -0.25) is 4.79 Å². The summed E-state index contributed by atoms with van der Waals surface area (Å²) in [6.45, 7) is 10.2. The molecule has 4 aliphatic rings. The number of piperidine rings is 2. The first kappa shape index (κ1) is 27.7. The Balaban J connectivity index is 1.19. The van der Waals surface area contributed by atoms with Crippen LogP contribution in [0.3, 0.4) is 0 Å². The zero-order valence-corrected chi connectivity index (χ0v) is 23.0. The van der Waals surface area contributed by atoms with Gasteiger partial charge < -0.3 is 33.5 Å². The molecule has 37 heavy (non-hydrogen) atoms. The van der Waals surface area contributed by atoms with Crippen molar-refractivity contribution in [2.45, 2.75) is 56.9 Å². The number of ether oxygens (including phenoxy) is 5. The van der Waals surface area contributed by atoms with Crippen molar-refractivity contribution in [3.63, 3.8) is 0 Å². The van der Waals surface area contributed by atoms with Crippen molar-refractivity contribution in [3.05, 3.63) is 10.4 Å². The molecule has 4 rings (SSSR count). The van der Waals surface area contributed by atoms with Crippen LogP contribution in [0.5, 0.6) is 0 Å². The molecule has 3 spiro atoms. The van der Waals surface area contributed by atoms with E-state index < -0.39 is 19.6 Å². The maximum atomic E-state index is 12.4. The van der Waals surface area contributed by atoms with E-state index in [4.69, 9.17) is 29.2 Å². The molecule has 2 amide bonds. The number of carbonyl (C=O) groups excluding carboxylic acids is 2. The summed E-state index contributed by atoms with van der Waals surface area (Å²) in [4.78, 5) is 30.5. The van der Waals surface area contributed by atoms with Gasteiger partial charge in [0.25, 0.3) is 0 Å². The van der Waals surface area contributed by atoms with Gasteiger partial charge in [-0.2, -0.15) is 0 Å². The van der Waals surface area contributed by atoms with Crippen LogP contribution >= 0.6 is 0 Å². The first-order valence-corrected chi connectivity index (χ1v) is 16.3. The molecule has 12 nitrogen and oxygen atoms in total. The standard InChI is InChI=1S/C24H37N5O7Si/c1-37(2,3)14-4-13-32-21(31)29-11-7-24(8-12-29)35-18-22(19-36-24)16-33-23(34-17-22)5-9-28(10-6-23)20(30)15-26-27-25/h5-13,15-19H2,1-3H3. The van der Waals surface area contributed by atoms with Crippen LogP contribution in [-0.4, -0.2) is 107 Å². The number of carbonyl (C=O) groups is 2. The molecule has 204 valence electrons. The minimum Gasteiger partial charge on any atom is -0.436 e. The third kappa shape index (κ3) is 6.96. The maximum absolute atomic E-state index is 12.4. The fourth-order valence-electron chi connectivity index (χ4n) is 4.86. The molecule has 0 unspecified atom stereocenters. The number of nitrogens with zero attached hydrogens (tertiary/aromatic N) is 5. The normalized spacial score (nSPS) is 24.2. The van der Waals surface area contributed by atoms with Gasteiger partial charge in [0.1, 0.15) is 14.6 Å². The third-order valence-electron chi connectivity index (χ3n) is 7.23. The molecule has 0 aromatic heterocycles.